The van der Waals surface area contributed by atoms with Crippen molar-refractivity contribution in [2.24, 2.45) is 0 Å². The van der Waals surface area contributed by atoms with Crippen molar-refractivity contribution < 1.29 is 13.5 Å². The highest BCUT2D eigenvalue weighted by Crippen LogP contribution is 2.25. The number of ether oxygens (including phenoxy) is 1. The average molecular weight is 459 g/mol. The molecule has 0 amide bonds. The third-order valence-electron chi connectivity index (χ3n) is 5.49. The first-order valence-corrected chi connectivity index (χ1v) is 11.4. The molecule has 0 aromatic heterocycles. The number of rotatable bonds is 7. The van der Waals surface area contributed by atoms with Crippen LogP contribution in [0.5, 0.6) is 5.75 Å². The Labute approximate surface area is 198 Å². The summed E-state index contributed by atoms with van der Waals surface area (Å²) in [5.74, 6) is -0.655. The number of halogens is 2. The average Bonchev–Trinajstić information content (AvgIpc) is 2.83. The van der Waals surface area contributed by atoms with Crippen LogP contribution in [0.15, 0.2) is 91.0 Å². The molecule has 166 valence electrons. The maximum absolute atomic E-state index is 13.5. The molecule has 0 spiro atoms. The van der Waals surface area contributed by atoms with E-state index in [1.807, 2.05) is 24.3 Å². The zero-order chi connectivity index (χ0) is 23.2. The molecule has 0 aliphatic rings. The molecule has 4 aromatic carbocycles. The highest BCUT2D eigenvalue weighted by atomic mass is 32.1. The van der Waals surface area contributed by atoms with E-state index in [-0.39, 0.29) is 0 Å². The Morgan fingerprint density at radius 2 is 1.21 bits per heavy atom. The Hall–Kier alpha value is -3.37. The molecule has 0 bridgehead atoms. The molecule has 0 saturated heterocycles. The second-order valence-electron chi connectivity index (χ2n) is 7.95. The van der Waals surface area contributed by atoms with Gasteiger partial charge in [0.1, 0.15) is 17.4 Å². The summed E-state index contributed by atoms with van der Waals surface area (Å²) in [4.78, 5) is 0. The molecule has 0 saturated carbocycles. The molecule has 1 nitrogen and oxygen atoms in total. The number of hydrogen-bond acceptors (Lipinski definition) is 2. The second-order valence-corrected chi connectivity index (χ2v) is 8.32. The van der Waals surface area contributed by atoms with E-state index in [2.05, 4.69) is 31.2 Å². The van der Waals surface area contributed by atoms with Gasteiger partial charge < -0.3 is 4.74 Å². The topological polar surface area (TPSA) is 9.23 Å². The van der Waals surface area contributed by atoms with Crippen LogP contribution < -0.4 is 4.74 Å². The van der Waals surface area contributed by atoms with Crippen LogP contribution in [0.25, 0.3) is 22.3 Å². The maximum atomic E-state index is 13.5. The number of thiocarbonyl (C=S) groups is 1. The minimum absolute atomic E-state index is 0.362. The summed E-state index contributed by atoms with van der Waals surface area (Å²) in [5.41, 5.74) is 5.62. The van der Waals surface area contributed by atoms with E-state index in [1.54, 1.807) is 24.3 Å². The quantitative estimate of drug-likeness (QED) is 0.257. The molecular formula is C29H24F2OS. The van der Waals surface area contributed by atoms with Crippen LogP contribution in [0.1, 0.15) is 30.9 Å². The summed E-state index contributed by atoms with van der Waals surface area (Å²) >= 11 is 5.46. The standard InChI is InChI=1S/C29H24F2OS/c1-2-3-4-20-5-7-21(8-6-20)22-9-11-24(12-10-22)29(33)32-28-15-13-23(14-16-28)25-17-26(30)19-27(31)18-25/h5-19H,2-4H2,1H3. The molecule has 0 N–H and O–H groups in total. The Kier molecular flexibility index (Phi) is 7.26. The third kappa shape index (κ3) is 5.91. The van der Waals surface area contributed by atoms with Gasteiger partial charge in [0.25, 0.3) is 0 Å². The fourth-order valence-electron chi connectivity index (χ4n) is 3.65. The first-order chi connectivity index (χ1) is 16.0. The van der Waals surface area contributed by atoms with Crippen LogP contribution in [0.4, 0.5) is 8.78 Å². The smallest absolute Gasteiger partial charge is 0.198 e. The van der Waals surface area contributed by atoms with E-state index >= 15 is 0 Å². The predicted octanol–water partition coefficient (Wildman–Crippen LogP) is 8.40. The molecule has 0 aliphatic carbocycles. The first-order valence-electron chi connectivity index (χ1n) is 11.0. The van der Waals surface area contributed by atoms with Gasteiger partial charge in [-0.05, 0) is 89.3 Å². The summed E-state index contributed by atoms with van der Waals surface area (Å²) < 4.78 is 32.8. The monoisotopic (exact) mass is 458 g/mol. The molecule has 4 aromatic rings. The Morgan fingerprint density at radius 1 is 0.697 bits per heavy atom. The first kappa shape index (κ1) is 22.8. The Bertz CT molecular complexity index is 1210. The molecule has 4 rings (SSSR count). The van der Waals surface area contributed by atoms with Crippen LogP contribution in [0, 0.1) is 11.6 Å². The van der Waals surface area contributed by atoms with Crippen molar-refractivity contribution in [2.75, 3.05) is 0 Å². The zero-order valence-electron chi connectivity index (χ0n) is 18.4. The lowest BCUT2D eigenvalue weighted by molar-refractivity contribution is 0.566. The number of aryl methyl sites for hydroxylation is 1. The minimum atomic E-state index is -0.609. The summed E-state index contributed by atoms with van der Waals surface area (Å²) in [7, 11) is 0. The van der Waals surface area contributed by atoms with Crippen molar-refractivity contribution in [1.29, 1.82) is 0 Å². The van der Waals surface area contributed by atoms with Crippen molar-refractivity contribution in [2.45, 2.75) is 26.2 Å². The summed E-state index contributed by atoms with van der Waals surface area (Å²) in [6.45, 7) is 2.20. The molecule has 4 heteroatoms. The van der Waals surface area contributed by atoms with E-state index < -0.39 is 11.6 Å². The van der Waals surface area contributed by atoms with E-state index in [0.717, 1.165) is 29.2 Å². The SMILES string of the molecule is CCCCc1ccc(-c2ccc(C(=S)Oc3ccc(-c4cc(F)cc(F)c4)cc3)cc2)cc1. The fraction of sp³-hybridized carbons (Fsp3) is 0.138. The number of benzene rings is 4. The predicted molar refractivity (Wildman–Crippen MR) is 135 cm³/mol. The van der Waals surface area contributed by atoms with Gasteiger partial charge >= 0.3 is 0 Å². The van der Waals surface area contributed by atoms with Gasteiger partial charge in [-0.15, -0.1) is 0 Å². The van der Waals surface area contributed by atoms with E-state index in [4.69, 9.17) is 17.0 Å². The van der Waals surface area contributed by atoms with Crippen molar-refractivity contribution in [3.05, 3.63) is 114 Å². The van der Waals surface area contributed by atoms with Gasteiger partial charge in [0.05, 0.1) is 0 Å². The molecule has 0 unspecified atom stereocenters. The van der Waals surface area contributed by atoms with Crippen LogP contribution in [0.3, 0.4) is 0 Å². The van der Waals surface area contributed by atoms with Crippen LogP contribution >= 0.6 is 12.2 Å². The van der Waals surface area contributed by atoms with Crippen LogP contribution in [-0.2, 0) is 6.42 Å². The lowest BCUT2D eigenvalue weighted by atomic mass is 10.0. The van der Waals surface area contributed by atoms with Crippen molar-refractivity contribution >= 4 is 17.3 Å². The fourth-order valence-corrected chi connectivity index (χ4v) is 3.88. The van der Waals surface area contributed by atoms with E-state index in [9.17, 15) is 8.78 Å². The Balaban J connectivity index is 1.41. The molecule has 0 heterocycles. The van der Waals surface area contributed by atoms with Gasteiger partial charge in [0.2, 0.25) is 0 Å². The van der Waals surface area contributed by atoms with Crippen molar-refractivity contribution in [3.8, 4) is 28.0 Å². The van der Waals surface area contributed by atoms with Crippen LogP contribution in [0.2, 0.25) is 0 Å². The van der Waals surface area contributed by atoms with Gasteiger partial charge in [-0.2, -0.15) is 0 Å². The Morgan fingerprint density at radius 3 is 1.79 bits per heavy atom. The largest absolute Gasteiger partial charge is 0.445 e. The highest BCUT2D eigenvalue weighted by Gasteiger charge is 2.08. The molecular weight excluding hydrogens is 434 g/mol. The minimum Gasteiger partial charge on any atom is -0.445 e. The molecule has 0 fully saturated rings. The number of hydrogen-bond donors (Lipinski definition) is 0. The molecule has 0 atom stereocenters. The third-order valence-corrected chi connectivity index (χ3v) is 5.81. The normalized spacial score (nSPS) is 10.8. The van der Waals surface area contributed by atoms with Gasteiger partial charge in [0, 0.05) is 11.6 Å². The molecule has 0 aliphatic heterocycles. The molecule has 33 heavy (non-hydrogen) atoms. The van der Waals surface area contributed by atoms with Crippen LogP contribution in [-0.4, -0.2) is 5.05 Å². The summed E-state index contributed by atoms with van der Waals surface area (Å²) in [5, 5.41) is 0.362. The summed E-state index contributed by atoms with van der Waals surface area (Å²) in [6.07, 6.45) is 3.52. The second kappa shape index (κ2) is 10.5. The van der Waals surface area contributed by atoms with E-state index in [0.29, 0.717) is 21.9 Å². The molecule has 0 radical (unpaired) electrons. The van der Waals surface area contributed by atoms with Gasteiger partial charge in [-0.3, -0.25) is 0 Å². The highest BCUT2D eigenvalue weighted by molar-refractivity contribution is 7.80. The lowest BCUT2D eigenvalue weighted by Crippen LogP contribution is -2.06. The van der Waals surface area contributed by atoms with E-state index in [1.165, 1.54) is 30.5 Å². The van der Waals surface area contributed by atoms with Gasteiger partial charge in [0.15, 0.2) is 5.05 Å². The summed E-state index contributed by atoms with van der Waals surface area (Å²) in [6, 6.07) is 27.1. The number of unbranched alkanes of at least 4 members (excludes halogenated alkanes) is 1. The maximum Gasteiger partial charge on any atom is 0.198 e. The van der Waals surface area contributed by atoms with Gasteiger partial charge in [-0.1, -0.05) is 61.9 Å². The zero-order valence-corrected chi connectivity index (χ0v) is 19.2. The van der Waals surface area contributed by atoms with Gasteiger partial charge in [-0.25, -0.2) is 8.78 Å². The van der Waals surface area contributed by atoms with Crippen molar-refractivity contribution in [1.82, 2.24) is 0 Å². The lowest BCUT2D eigenvalue weighted by Gasteiger charge is -2.10. The van der Waals surface area contributed by atoms with Crippen molar-refractivity contribution in [3.63, 3.8) is 0 Å².